The number of benzene rings is 2. The number of ether oxygens (including phenoxy) is 1. The zero-order valence-corrected chi connectivity index (χ0v) is 19.8. The molecule has 164 valence electrons. The number of aryl methyl sites for hydroxylation is 1. The number of anilines is 1. The molecule has 0 unspecified atom stereocenters. The third kappa shape index (κ3) is 5.66. The summed E-state index contributed by atoms with van der Waals surface area (Å²) in [6.45, 7) is 9.34. The van der Waals surface area contributed by atoms with E-state index in [4.69, 9.17) is 9.72 Å². The number of hydrogen-bond donors (Lipinski definition) is 0. The Kier molecular flexibility index (Phi) is 7.61. The van der Waals surface area contributed by atoms with Gasteiger partial charge in [0, 0.05) is 36.6 Å². The zero-order valence-electron chi connectivity index (χ0n) is 18.2. The van der Waals surface area contributed by atoms with Gasteiger partial charge < -0.3 is 4.74 Å². The number of carbonyl (C=O) groups is 1. The first-order valence-corrected chi connectivity index (χ1v) is 12.7. The highest BCUT2D eigenvalue weighted by Crippen LogP contribution is 2.31. The van der Waals surface area contributed by atoms with Crippen LogP contribution in [0.25, 0.3) is 10.2 Å². The molecule has 31 heavy (non-hydrogen) atoms. The Balaban J connectivity index is 1.57. The number of thioether (sulfide) groups is 1. The lowest BCUT2D eigenvalue weighted by Gasteiger charge is -2.27. The molecule has 0 radical (unpaired) electrons. The van der Waals surface area contributed by atoms with Gasteiger partial charge in [-0.25, -0.2) is 4.98 Å². The molecule has 1 aliphatic rings. The van der Waals surface area contributed by atoms with Crippen LogP contribution < -0.4 is 4.90 Å². The highest BCUT2D eigenvalue weighted by Gasteiger charge is 2.22. The van der Waals surface area contributed by atoms with Crippen molar-refractivity contribution in [3.05, 3.63) is 53.6 Å². The Morgan fingerprint density at radius 3 is 2.87 bits per heavy atom. The van der Waals surface area contributed by atoms with Crippen LogP contribution in [0.1, 0.15) is 29.3 Å². The predicted octanol–water partition coefficient (Wildman–Crippen LogP) is 5.09. The minimum Gasteiger partial charge on any atom is -0.379 e. The predicted molar refractivity (Wildman–Crippen MR) is 131 cm³/mol. The van der Waals surface area contributed by atoms with Gasteiger partial charge in [-0.2, -0.15) is 0 Å². The molecule has 2 aromatic carbocycles. The molecule has 2 heterocycles. The largest absolute Gasteiger partial charge is 0.379 e. The van der Waals surface area contributed by atoms with Crippen LogP contribution in [0.2, 0.25) is 0 Å². The van der Waals surface area contributed by atoms with E-state index in [1.807, 2.05) is 29.2 Å². The fraction of sp³-hybridized carbons (Fsp3) is 0.417. The maximum atomic E-state index is 13.6. The average Bonchev–Trinajstić information content (AvgIpc) is 3.20. The van der Waals surface area contributed by atoms with Gasteiger partial charge in [0.05, 0.1) is 23.4 Å². The Hall–Kier alpha value is -1.93. The maximum absolute atomic E-state index is 13.6. The molecule has 1 amide bonds. The van der Waals surface area contributed by atoms with E-state index in [1.54, 1.807) is 23.1 Å². The van der Waals surface area contributed by atoms with E-state index in [2.05, 4.69) is 36.9 Å². The molecular weight excluding hydrogens is 426 g/mol. The second-order valence-corrected chi connectivity index (χ2v) is 10.0. The van der Waals surface area contributed by atoms with E-state index in [9.17, 15) is 4.79 Å². The lowest BCUT2D eigenvalue weighted by molar-refractivity contribution is 0.0376. The number of amides is 1. The van der Waals surface area contributed by atoms with Crippen LogP contribution in [-0.4, -0.2) is 60.9 Å². The molecule has 1 aromatic heterocycles. The van der Waals surface area contributed by atoms with Gasteiger partial charge in [0.25, 0.3) is 5.91 Å². The summed E-state index contributed by atoms with van der Waals surface area (Å²) in [5.74, 6) is 1.01. The normalized spacial score (nSPS) is 14.8. The number of nitrogens with zero attached hydrogens (tertiary/aromatic N) is 3. The Morgan fingerprint density at radius 1 is 1.23 bits per heavy atom. The fourth-order valence-electron chi connectivity index (χ4n) is 3.74. The third-order valence-electron chi connectivity index (χ3n) is 5.36. The van der Waals surface area contributed by atoms with Crippen molar-refractivity contribution >= 4 is 44.4 Å². The van der Waals surface area contributed by atoms with Crippen molar-refractivity contribution in [3.8, 4) is 0 Å². The van der Waals surface area contributed by atoms with Gasteiger partial charge in [0.2, 0.25) is 0 Å². The van der Waals surface area contributed by atoms with Gasteiger partial charge >= 0.3 is 0 Å². The van der Waals surface area contributed by atoms with Crippen LogP contribution in [0, 0.1) is 6.92 Å². The van der Waals surface area contributed by atoms with Crippen molar-refractivity contribution in [1.29, 1.82) is 0 Å². The van der Waals surface area contributed by atoms with Crippen molar-refractivity contribution in [3.63, 3.8) is 0 Å². The zero-order chi connectivity index (χ0) is 21.6. The summed E-state index contributed by atoms with van der Waals surface area (Å²) in [6.07, 6.45) is 0.907. The van der Waals surface area contributed by atoms with Crippen molar-refractivity contribution in [2.45, 2.75) is 25.2 Å². The van der Waals surface area contributed by atoms with Crippen molar-refractivity contribution < 1.29 is 9.53 Å². The molecule has 0 N–H and O–H groups in total. The third-order valence-corrected chi connectivity index (χ3v) is 7.28. The van der Waals surface area contributed by atoms with E-state index in [1.165, 1.54) is 5.56 Å². The number of rotatable bonds is 8. The molecule has 0 saturated carbocycles. The number of carbonyl (C=O) groups excluding carboxylic acids is 1. The van der Waals surface area contributed by atoms with Gasteiger partial charge in [0.15, 0.2) is 5.13 Å². The molecule has 1 saturated heterocycles. The molecule has 0 aliphatic carbocycles. The molecule has 0 bridgehead atoms. The molecule has 5 nitrogen and oxygen atoms in total. The van der Waals surface area contributed by atoms with Gasteiger partial charge in [-0.1, -0.05) is 30.4 Å². The van der Waals surface area contributed by atoms with Crippen LogP contribution in [0.3, 0.4) is 0 Å². The van der Waals surface area contributed by atoms with Crippen molar-refractivity contribution in [2.75, 3.05) is 50.0 Å². The first-order chi connectivity index (χ1) is 15.1. The van der Waals surface area contributed by atoms with Gasteiger partial charge in [-0.3, -0.25) is 14.6 Å². The summed E-state index contributed by atoms with van der Waals surface area (Å²) >= 11 is 3.35. The summed E-state index contributed by atoms with van der Waals surface area (Å²) in [6, 6.07) is 14.2. The Labute approximate surface area is 192 Å². The number of aromatic nitrogens is 1. The van der Waals surface area contributed by atoms with Crippen LogP contribution in [0.4, 0.5) is 5.13 Å². The van der Waals surface area contributed by atoms with Gasteiger partial charge in [-0.05, 0) is 55.0 Å². The minimum atomic E-state index is 0.0244. The first kappa shape index (κ1) is 22.3. The second-order valence-electron chi connectivity index (χ2n) is 7.69. The average molecular weight is 456 g/mol. The molecule has 1 aliphatic heterocycles. The monoisotopic (exact) mass is 455 g/mol. The summed E-state index contributed by atoms with van der Waals surface area (Å²) in [5, 5.41) is 0.779. The van der Waals surface area contributed by atoms with E-state index in [-0.39, 0.29) is 5.91 Å². The van der Waals surface area contributed by atoms with Crippen LogP contribution in [0.5, 0.6) is 0 Å². The molecular formula is C24H29N3O2S2. The smallest absolute Gasteiger partial charge is 0.260 e. The minimum absolute atomic E-state index is 0.0244. The van der Waals surface area contributed by atoms with Crippen LogP contribution >= 0.6 is 23.1 Å². The molecule has 0 spiro atoms. The molecule has 0 atom stereocenters. The number of fused-ring (bicyclic) bond motifs is 1. The Morgan fingerprint density at radius 2 is 2.06 bits per heavy atom. The standard InChI is InChI=1S/C24H29N3O2S2/c1-3-30-20-7-4-6-19(17-20)23(28)27(11-5-10-26-12-14-29-15-13-26)24-25-21-9-8-18(2)16-22(21)31-24/h4,6-9,16-17H,3,5,10-15H2,1-2H3. The Bertz CT molecular complexity index is 1030. The molecule has 3 aromatic rings. The summed E-state index contributed by atoms with van der Waals surface area (Å²) in [7, 11) is 0. The van der Waals surface area contributed by atoms with Gasteiger partial charge in [0.1, 0.15) is 0 Å². The van der Waals surface area contributed by atoms with Crippen molar-refractivity contribution in [2.24, 2.45) is 0 Å². The number of morpholine rings is 1. The lowest BCUT2D eigenvalue weighted by atomic mass is 10.2. The highest BCUT2D eigenvalue weighted by atomic mass is 32.2. The topological polar surface area (TPSA) is 45.7 Å². The van der Waals surface area contributed by atoms with Crippen molar-refractivity contribution in [1.82, 2.24) is 9.88 Å². The van der Waals surface area contributed by atoms with E-state index < -0.39 is 0 Å². The molecule has 7 heteroatoms. The summed E-state index contributed by atoms with van der Waals surface area (Å²) in [5.41, 5.74) is 2.88. The second kappa shape index (κ2) is 10.6. The number of hydrogen-bond acceptors (Lipinski definition) is 6. The summed E-state index contributed by atoms with van der Waals surface area (Å²) in [4.78, 5) is 23.8. The van der Waals surface area contributed by atoms with E-state index >= 15 is 0 Å². The first-order valence-electron chi connectivity index (χ1n) is 10.9. The lowest BCUT2D eigenvalue weighted by Crippen LogP contribution is -2.39. The summed E-state index contributed by atoms with van der Waals surface area (Å²) < 4.78 is 6.57. The highest BCUT2D eigenvalue weighted by molar-refractivity contribution is 7.99. The van der Waals surface area contributed by atoms with Gasteiger partial charge in [-0.15, -0.1) is 11.8 Å². The van der Waals surface area contributed by atoms with E-state index in [0.717, 1.165) is 70.8 Å². The molecule has 1 fully saturated rings. The molecule has 4 rings (SSSR count). The van der Waals surface area contributed by atoms with Crippen LogP contribution in [-0.2, 0) is 4.74 Å². The van der Waals surface area contributed by atoms with E-state index in [0.29, 0.717) is 6.54 Å². The number of thiazole rings is 1. The fourth-order valence-corrected chi connectivity index (χ4v) is 5.54. The SMILES string of the molecule is CCSc1cccc(C(=O)N(CCCN2CCOCC2)c2nc3ccc(C)cc3s2)c1. The maximum Gasteiger partial charge on any atom is 0.260 e. The van der Waals surface area contributed by atoms with Crippen LogP contribution in [0.15, 0.2) is 47.4 Å². The quantitative estimate of drug-likeness (QED) is 0.443.